The first kappa shape index (κ1) is 26.4. The van der Waals surface area contributed by atoms with Crippen LogP contribution in [-0.4, -0.2) is 41.3 Å². The SMILES string of the molecule is CC[C@H]1O[C@@H](n2c[c-]c(=Nc3[c-]cccc3)[nH]c2=O)[C@@H](O[Si](C)(C)C(C)(C)C)C1O.[Y]. The van der Waals surface area contributed by atoms with Gasteiger partial charge in [0.15, 0.2) is 14.5 Å². The van der Waals surface area contributed by atoms with Crippen molar-refractivity contribution in [2.45, 2.75) is 76.8 Å². The predicted molar refractivity (Wildman–Crippen MR) is 117 cm³/mol. The summed E-state index contributed by atoms with van der Waals surface area (Å²) >= 11 is 0. The summed E-state index contributed by atoms with van der Waals surface area (Å²) < 4.78 is 13.9. The Labute approximate surface area is 209 Å². The van der Waals surface area contributed by atoms with Crippen molar-refractivity contribution in [3.63, 3.8) is 0 Å². The van der Waals surface area contributed by atoms with Crippen molar-refractivity contribution in [3.05, 3.63) is 58.6 Å². The molecule has 9 heteroatoms. The van der Waals surface area contributed by atoms with E-state index in [0.29, 0.717) is 17.6 Å². The van der Waals surface area contributed by atoms with Crippen molar-refractivity contribution in [2.24, 2.45) is 4.99 Å². The average Bonchev–Trinajstić information content (AvgIpc) is 2.97. The zero-order valence-corrected chi connectivity index (χ0v) is 22.9. The molecule has 1 aliphatic heterocycles. The minimum absolute atomic E-state index is 0. The standard InChI is InChI=1S/C22H31N3O4Si.Y/c1-7-16-18(26)19(29-30(5,6)22(2,3)4)20(28-16)25-14-13-17(24-21(25)27)23-15-11-9-8-10-12-15;/h8-11,14,16,18-20,26H,7H2,1-6H3,(H,23,24,27);/q-2;/t16-,18?,19+,20-;/m1./s1. The molecule has 1 unspecified atom stereocenters. The van der Waals surface area contributed by atoms with Crippen molar-refractivity contribution in [3.8, 4) is 0 Å². The van der Waals surface area contributed by atoms with Crippen LogP contribution in [0.15, 0.2) is 40.2 Å². The molecular formula is C22H31N3O4SiY-2. The van der Waals surface area contributed by atoms with Gasteiger partial charge in [-0.2, -0.15) is 30.5 Å². The van der Waals surface area contributed by atoms with E-state index < -0.39 is 38.5 Å². The summed E-state index contributed by atoms with van der Waals surface area (Å²) in [5, 5.41) is 10.8. The average molecular weight is 518 g/mol. The predicted octanol–water partition coefficient (Wildman–Crippen LogP) is 3.07. The Morgan fingerprint density at radius 3 is 2.58 bits per heavy atom. The van der Waals surface area contributed by atoms with Gasteiger partial charge in [-0.15, -0.1) is 6.07 Å². The minimum Gasteiger partial charge on any atom is -0.410 e. The van der Waals surface area contributed by atoms with Crippen LogP contribution in [0.25, 0.3) is 0 Å². The summed E-state index contributed by atoms with van der Waals surface area (Å²) in [4.78, 5) is 19.9. The maximum Gasteiger partial charge on any atom is 0.324 e. The van der Waals surface area contributed by atoms with Crippen LogP contribution in [0.4, 0.5) is 5.69 Å². The molecule has 1 aromatic carbocycles. The van der Waals surface area contributed by atoms with Crippen LogP contribution in [0.3, 0.4) is 0 Å². The Hall–Kier alpha value is -0.899. The zero-order chi connectivity index (χ0) is 22.1. The van der Waals surface area contributed by atoms with Gasteiger partial charge in [0.25, 0.3) is 0 Å². The second kappa shape index (κ2) is 10.4. The number of hydrogen-bond acceptors (Lipinski definition) is 5. The molecule has 1 aromatic heterocycles. The summed E-state index contributed by atoms with van der Waals surface area (Å²) in [6, 6.07) is 13.2. The summed E-state index contributed by atoms with van der Waals surface area (Å²) in [6.07, 6.45) is -0.465. The molecule has 4 atom stereocenters. The van der Waals surface area contributed by atoms with Gasteiger partial charge in [-0.3, -0.25) is 4.99 Å². The first-order valence-electron chi connectivity index (χ1n) is 10.3. The molecule has 167 valence electrons. The van der Waals surface area contributed by atoms with Gasteiger partial charge >= 0.3 is 5.69 Å². The van der Waals surface area contributed by atoms with Crippen molar-refractivity contribution in [2.75, 3.05) is 0 Å². The van der Waals surface area contributed by atoms with Crippen LogP contribution >= 0.6 is 0 Å². The molecule has 2 heterocycles. The monoisotopic (exact) mass is 518 g/mol. The number of ether oxygens (including phenoxy) is 1. The summed E-state index contributed by atoms with van der Waals surface area (Å²) in [6.45, 7) is 12.6. The number of rotatable bonds is 5. The van der Waals surface area contributed by atoms with E-state index in [4.69, 9.17) is 9.16 Å². The fourth-order valence-electron chi connectivity index (χ4n) is 3.14. The van der Waals surface area contributed by atoms with E-state index in [0.717, 1.165) is 0 Å². The van der Waals surface area contributed by atoms with Crippen molar-refractivity contribution >= 4 is 14.0 Å². The van der Waals surface area contributed by atoms with Crippen molar-refractivity contribution in [1.82, 2.24) is 9.55 Å². The number of hydrogen-bond donors (Lipinski definition) is 2. The Bertz CT molecular complexity index is 984. The molecule has 2 N–H and O–H groups in total. The van der Waals surface area contributed by atoms with E-state index in [9.17, 15) is 9.90 Å². The maximum absolute atomic E-state index is 12.8. The number of aromatic nitrogens is 2. The second-order valence-corrected chi connectivity index (χ2v) is 13.9. The molecule has 1 aliphatic rings. The van der Waals surface area contributed by atoms with Crippen molar-refractivity contribution in [1.29, 1.82) is 0 Å². The van der Waals surface area contributed by atoms with Gasteiger partial charge in [0, 0.05) is 32.7 Å². The quantitative estimate of drug-likeness (QED) is 0.471. The number of nitrogens with one attached hydrogen (secondary N) is 1. The van der Waals surface area contributed by atoms with Gasteiger partial charge in [0.05, 0.1) is 6.10 Å². The molecule has 3 rings (SSSR count). The molecule has 7 nitrogen and oxygen atoms in total. The summed E-state index contributed by atoms with van der Waals surface area (Å²) in [7, 11) is -2.21. The van der Waals surface area contributed by atoms with Gasteiger partial charge in [0.1, 0.15) is 12.2 Å². The Morgan fingerprint density at radius 2 is 2.03 bits per heavy atom. The molecule has 31 heavy (non-hydrogen) atoms. The Morgan fingerprint density at radius 1 is 1.32 bits per heavy atom. The first-order valence-corrected chi connectivity index (χ1v) is 13.2. The van der Waals surface area contributed by atoms with E-state index in [1.807, 2.05) is 19.1 Å². The molecule has 0 amide bonds. The molecule has 1 fully saturated rings. The normalized spacial score (nSPS) is 24.8. The number of aliphatic hydroxyl groups excluding tert-OH is 1. The van der Waals surface area contributed by atoms with Gasteiger partial charge in [-0.1, -0.05) is 33.4 Å². The fourth-order valence-corrected chi connectivity index (χ4v) is 4.43. The molecular weight excluding hydrogens is 487 g/mol. The largest absolute Gasteiger partial charge is 0.410 e. The van der Waals surface area contributed by atoms with Gasteiger partial charge in [-0.25, -0.2) is 4.79 Å². The first-order chi connectivity index (χ1) is 14.0. The number of benzene rings is 1. The fraction of sp³-hybridized carbons (Fsp3) is 0.545. The molecule has 0 spiro atoms. The van der Waals surface area contributed by atoms with Crippen LogP contribution in [-0.2, 0) is 41.9 Å². The molecule has 0 bridgehead atoms. The minimum atomic E-state index is -2.21. The van der Waals surface area contributed by atoms with Gasteiger partial charge < -0.3 is 29.9 Å². The molecule has 1 radical (unpaired) electrons. The number of H-pyrrole nitrogens is 1. The third kappa shape index (κ3) is 5.92. The van der Waals surface area contributed by atoms with Crippen LogP contribution in [0.1, 0.15) is 40.3 Å². The third-order valence-electron chi connectivity index (χ3n) is 5.95. The number of nitrogens with zero attached hydrogens (tertiary/aromatic N) is 2. The molecule has 0 saturated carbocycles. The van der Waals surface area contributed by atoms with Crippen LogP contribution < -0.4 is 11.2 Å². The summed E-state index contributed by atoms with van der Waals surface area (Å²) in [5.74, 6) is 0. The van der Waals surface area contributed by atoms with E-state index in [1.54, 1.807) is 12.1 Å². The van der Waals surface area contributed by atoms with Gasteiger partial charge in [0.2, 0.25) is 0 Å². The van der Waals surface area contributed by atoms with Crippen molar-refractivity contribution < 1.29 is 47.0 Å². The Balaban J connectivity index is 0.00000341. The topological polar surface area (TPSA) is 88.8 Å². The molecule has 2 aromatic rings. The number of aliphatic hydroxyl groups is 1. The van der Waals surface area contributed by atoms with Crippen LogP contribution in [0.2, 0.25) is 18.1 Å². The van der Waals surface area contributed by atoms with E-state index in [-0.39, 0.29) is 37.7 Å². The molecule has 0 aliphatic carbocycles. The summed E-state index contributed by atoms with van der Waals surface area (Å²) in [5.41, 5.74) is 0.493. The molecule has 1 saturated heterocycles. The van der Waals surface area contributed by atoms with E-state index in [2.05, 4.69) is 56.0 Å². The van der Waals surface area contributed by atoms with E-state index in [1.165, 1.54) is 10.8 Å². The maximum atomic E-state index is 12.8. The smallest absolute Gasteiger partial charge is 0.324 e. The van der Waals surface area contributed by atoms with Gasteiger partial charge in [-0.05, 0) is 30.0 Å². The number of aromatic amines is 1. The second-order valence-electron chi connectivity index (χ2n) is 9.13. The zero-order valence-electron chi connectivity index (χ0n) is 19.0. The Kier molecular flexibility index (Phi) is 8.81. The van der Waals surface area contributed by atoms with Crippen LogP contribution in [0.5, 0.6) is 0 Å². The van der Waals surface area contributed by atoms with E-state index >= 15 is 0 Å². The number of para-hydroxylation sites is 1. The third-order valence-corrected chi connectivity index (χ3v) is 10.4. The van der Waals surface area contributed by atoms with Crippen LogP contribution in [0, 0.1) is 12.1 Å².